The number of carbonyl (C=O) groups excluding carboxylic acids is 1. The predicted molar refractivity (Wildman–Crippen MR) is 81.5 cm³/mol. The summed E-state index contributed by atoms with van der Waals surface area (Å²) in [6.07, 6.45) is 0. The van der Waals surface area contributed by atoms with E-state index in [2.05, 4.69) is 15.3 Å². The van der Waals surface area contributed by atoms with Gasteiger partial charge in [-0.2, -0.15) is 0 Å². The molecule has 0 saturated carbocycles. The minimum Gasteiger partial charge on any atom is -0.508 e. The normalized spacial score (nSPS) is 10.5. The fourth-order valence-electron chi connectivity index (χ4n) is 2.01. The molecule has 3 rings (SSSR count). The summed E-state index contributed by atoms with van der Waals surface area (Å²) in [5.41, 5.74) is 1.80. The van der Waals surface area contributed by atoms with Crippen molar-refractivity contribution in [3.63, 3.8) is 0 Å². The summed E-state index contributed by atoms with van der Waals surface area (Å²) < 4.78 is 5.32. The predicted octanol–water partition coefficient (Wildman–Crippen LogP) is 1.96. The van der Waals surface area contributed by atoms with Gasteiger partial charge in [0, 0.05) is 0 Å². The average Bonchev–Trinajstić information content (AvgIpc) is 2.95. The summed E-state index contributed by atoms with van der Waals surface area (Å²) >= 11 is 0. The number of ether oxygens (including phenoxy) is 1. The molecule has 0 saturated heterocycles. The van der Waals surface area contributed by atoms with E-state index in [9.17, 15) is 4.79 Å². The molecule has 0 aliphatic heterocycles. The van der Waals surface area contributed by atoms with Gasteiger partial charge in [-0.3, -0.25) is 4.79 Å². The lowest BCUT2D eigenvalue weighted by Crippen LogP contribution is -2.28. The van der Waals surface area contributed by atoms with E-state index in [0.717, 1.165) is 11.0 Å². The van der Waals surface area contributed by atoms with Crippen LogP contribution in [0.3, 0.4) is 0 Å². The number of phenolic OH excluding ortho intramolecular Hbond substituents is 1. The Labute approximate surface area is 126 Å². The molecule has 3 N–H and O–H groups in total. The van der Waals surface area contributed by atoms with Crippen molar-refractivity contribution in [3.8, 4) is 11.5 Å². The van der Waals surface area contributed by atoms with E-state index < -0.39 is 0 Å². The summed E-state index contributed by atoms with van der Waals surface area (Å²) in [6, 6.07) is 13.9. The van der Waals surface area contributed by atoms with Crippen LogP contribution in [0.15, 0.2) is 48.5 Å². The third kappa shape index (κ3) is 3.35. The zero-order valence-electron chi connectivity index (χ0n) is 11.7. The van der Waals surface area contributed by atoms with Crippen molar-refractivity contribution in [2.45, 2.75) is 6.54 Å². The van der Waals surface area contributed by atoms with E-state index in [1.807, 2.05) is 24.3 Å². The van der Waals surface area contributed by atoms with Crippen LogP contribution in [0.25, 0.3) is 11.0 Å². The van der Waals surface area contributed by atoms with Gasteiger partial charge in [-0.1, -0.05) is 12.1 Å². The molecule has 6 nitrogen and oxygen atoms in total. The first-order chi connectivity index (χ1) is 10.7. The number of aromatic amines is 1. The fourth-order valence-corrected chi connectivity index (χ4v) is 2.01. The molecule has 2 aromatic carbocycles. The Morgan fingerprint density at radius 2 is 1.95 bits per heavy atom. The van der Waals surface area contributed by atoms with Gasteiger partial charge in [0.1, 0.15) is 17.3 Å². The molecule has 1 amide bonds. The molecule has 22 heavy (non-hydrogen) atoms. The van der Waals surface area contributed by atoms with Gasteiger partial charge in [0.2, 0.25) is 0 Å². The summed E-state index contributed by atoms with van der Waals surface area (Å²) in [4.78, 5) is 19.3. The molecule has 0 spiro atoms. The molecule has 112 valence electrons. The number of fused-ring (bicyclic) bond motifs is 1. The van der Waals surface area contributed by atoms with Crippen LogP contribution in [0, 0.1) is 0 Å². The molecule has 0 bridgehead atoms. The topological polar surface area (TPSA) is 87.2 Å². The molecular formula is C16H15N3O3. The van der Waals surface area contributed by atoms with Crippen molar-refractivity contribution in [2.75, 3.05) is 6.61 Å². The Morgan fingerprint density at radius 3 is 2.73 bits per heavy atom. The van der Waals surface area contributed by atoms with Gasteiger partial charge in [-0.25, -0.2) is 4.98 Å². The molecule has 0 aliphatic carbocycles. The lowest BCUT2D eigenvalue weighted by Gasteiger charge is -2.06. The number of nitrogens with one attached hydrogen (secondary N) is 2. The zero-order valence-corrected chi connectivity index (χ0v) is 11.7. The number of aromatic nitrogens is 2. The van der Waals surface area contributed by atoms with Crippen LogP contribution in [-0.2, 0) is 11.3 Å². The maximum Gasteiger partial charge on any atom is 0.258 e. The highest BCUT2D eigenvalue weighted by molar-refractivity contribution is 5.78. The quantitative estimate of drug-likeness (QED) is 0.672. The number of amides is 1. The van der Waals surface area contributed by atoms with Gasteiger partial charge in [0.05, 0.1) is 17.6 Å². The van der Waals surface area contributed by atoms with E-state index >= 15 is 0 Å². The van der Waals surface area contributed by atoms with Crippen molar-refractivity contribution in [3.05, 3.63) is 54.4 Å². The second-order valence-electron chi connectivity index (χ2n) is 4.76. The third-order valence-electron chi connectivity index (χ3n) is 3.10. The largest absolute Gasteiger partial charge is 0.508 e. The maximum absolute atomic E-state index is 11.7. The molecule has 0 atom stereocenters. The number of phenols is 1. The SMILES string of the molecule is O=C(COc1ccc(O)cc1)NCc1nc2ccccc2[nH]1. The second kappa shape index (κ2) is 6.17. The number of hydrogen-bond donors (Lipinski definition) is 3. The van der Waals surface area contributed by atoms with E-state index in [1.165, 1.54) is 12.1 Å². The van der Waals surface area contributed by atoms with Gasteiger partial charge >= 0.3 is 0 Å². The van der Waals surface area contributed by atoms with Crippen LogP contribution in [0.2, 0.25) is 0 Å². The van der Waals surface area contributed by atoms with E-state index in [1.54, 1.807) is 12.1 Å². The minimum atomic E-state index is -0.242. The number of benzene rings is 2. The summed E-state index contributed by atoms with van der Waals surface area (Å²) in [5.74, 6) is 1.13. The second-order valence-corrected chi connectivity index (χ2v) is 4.76. The zero-order chi connectivity index (χ0) is 15.4. The van der Waals surface area contributed by atoms with Gasteiger partial charge in [0.25, 0.3) is 5.91 Å². The third-order valence-corrected chi connectivity index (χ3v) is 3.10. The molecule has 0 unspecified atom stereocenters. The highest BCUT2D eigenvalue weighted by Gasteiger charge is 2.06. The van der Waals surface area contributed by atoms with Crippen LogP contribution < -0.4 is 10.1 Å². The Bertz CT molecular complexity index is 748. The maximum atomic E-state index is 11.7. The van der Waals surface area contributed by atoms with E-state index in [4.69, 9.17) is 9.84 Å². The van der Waals surface area contributed by atoms with Gasteiger partial charge in [-0.15, -0.1) is 0 Å². The number of hydrogen-bond acceptors (Lipinski definition) is 4. The molecule has 6 heteroatoms. The van der Waals surface area contributed by atoms with E-state index in [0.29, 0.717) is 18.1 Å². The van der Waals surface area contributed by atoms with E-state index in [-0.39, 0.29) is 18.3 Å². The first-order valence-corrected chi connectivity index (χ1v) is 6.83. The molecule has 0 radical (unpaired) electrons. The van der Waals surface area contributed by atoms with Crippen molar-refractivity contribution >= 4 is 16.9 Å². The standard InChI is InChI=1S/C16H15N3O3/c20-11-5-7-12(8-6-11)22-10-16(21)17-9-15-18-13-3-1-2-4-14(13)19-15/h1-8,20H,9-10H2,(H,17,21)(H,18,19). The van der Waals surface area contributed by atoms with Crippen molar-refractivity contribution in [2.24, 2.45) is 0 Å². The number of H-pyrrole nitrogens is 1. The highest BCUT2D eigenvalue weighted by Crippen LogP contribution is 2.15. The number of carbonyl (C=O) groups is 1. The Kier molecular flexibility index (Phi) is 3.91. The number of aromatic hydroxyl groups is 1. The van der Waals surface area contributed by atoms with Crippen LogP contribution in [0.1, 0.15) is 5.82 Å². The Morgan fingerprint density at radius 1 is 1.18 bits per heavy atom. The Hall–Kier alpha value is -3.02. The number of rotatable bonds is 5. The number of nitrogens with zero attached hydrogens (tertiary/aromatic N) is 1. The molecular weight excluding hydrogens is 282 g/mol. The smallest absolute Gasteiger partial charge is 0.258 e. The van der Waals surface area contributed by atoms with Crippen LogP contribution >= 0.6 is 0 Å². The van der Waals surface area contributed by atoms with Crippen molar-refractivity contribution in [1.29, 1.82) is 0 Å². The molecule has 1 aromatic heterocycles. The van der Waals surface area contributed by atoms with Gasteiger partial charge < -0.3 is 20.1 Å². The molecule has 0 aliphatic rings. The lowest BCUT2D eigenvalue weighted by molar-refractivity contribution is -0.123. The van der Waals surface area contributed by atoms with Gasteiger partial charge in [0.15, 0.2) is 6.61 Å². The Balaban J connectivity index is 1.50. The van der Waals surface area contributed by atoms with Crippen molar-refractivity contribution < 1.29 is 14.6 Å². The molecule has 0 fully saturated rings. The molecule has 3 aromatic rings. The monoisotopic (exact) mass is 297 g/mol. The minimum absolute atomic E-state index is 0.0923. The number of para-hydroxylation sites is 2. The summed E-state index contributed by atoms with van der Waals surface area (Å²) in [5, 5.41) is 11.9. The van der Waals surface area contributed by atoms with Gasteiger partial charge in [-0.05, 0) is 36.4 Å². The van der Waals surface area contributed by atoms with Crippen molar-refractivity contribution in [1.82, 2.24) is 15.3 Å². The lowest BCUT2D eigenvalue weighted by atomic mass is 10.3. The average molecular weight is 297 g/mol. The molecule has 1 heterocycles. The number of imidazole rings is 1. The fraction of sp³-hybridized carbons (Fsp3) is 0.125. The van der Waals surface area contributed by atoms with Crippen LogP contribution in [0.4, 0.5) is 0 Å². The first kappa shape index (κ1) is 13.9. The first-order valence-electron chi connectivity index (χ1n) is 6.83. The summed E-state index contributed by atoms with van der Waals surface area (Å²) in [7, 11) is 0. The highest BCUT2D eigenvalue weighted by atomic mass is 16.5. The summed E-state index contributed by atoms with van der Waals surface area (Å²) in [6.45, 7) is 0.220. The van der Waals surface area contributed by atoms with Crippen LogP contribution in [0.5, 0.6) is 11.5 Å². The van der Waals surface area contributed by atoms with Crippen LogP contribution in [-0.4, -0.2) is 27.6 Å².